The molecule has 0 radical (unpaired) electrons. The van der Waals surface area contributed by atoms with Crippen molar-refractivity contribution in [1.82, 2.24) is 10.6 Å². The molecule has 0 unspecified atom stereocenters. The van der Waals surface area contributed by atoms with Gasteiger partial charge in [-0.25, -0.2) is 0 Å². The van der Waals surface area contributed by atoms with Crippen molar-refractivity contribution in [2.24, 2.45) is 5.41 Å². The highest BCUT2D eigenvalue weighted by Gasteiger charge is 2.38. The monoisotopic (exact) mass is 392 g/mol. The van der Waals surface area contributed by atoms with Crippen LogP contribution in [0.1, 0.15) is 39.0 Å². The summed E-state index contributed by atoms with van der Waals surface area (Å²) in [5.74, 6) is 1.32. The molecule has 1 aliphatic rings. The van der Waals surface area contributed by atoms with Crippen LogP contribution in [0.4, 0.5) is 0 Å². The van der Waals surface area contributed by atoms with E-state index in [0.29, 0.717) is 32.6 Å². The number of rotatable bonds is 14. The number of carbonyl (C=O) groups is 2. The molecule has 2 N–H and O–H groups in total. The van der Waals surface area contributed by atoms with Gasteiger partial charge in [-0.2, -0.15) is 0 Å². The normalized spacial score (nSPS) is 15.9. The van der Waals surface area contributed by atoms with E-state index in [1.54, 1.807) is 21.6 Å². The number of nitrogens with one attached hydrogen (secondary N) is 2. The summed E-state index contributed by atoms with van der Waals surface area (Å²) in [5.41, 5.74) is -0.241. The first-order valence-electron chi connectivity index (χ1n) is 9.03. The van der Waals surface area contributed by atoms with E-state index in [1.165, 1.54) is 0 Å². The fourth-order valence-corrected chi connectivity index (χ4v) is 5.60. The average Bonchev–Trinajstić information content (AvgIpc) is 3.07. The fraction of sp³-hybridized carbons (Fsp3) is 0.882. The fourth-order valence-electron chi connectivity index (χ4n) is 2.27. The first-order valence-corrected chi connectivity index (χ1v) is 11.5. The molecule has 146 valence electrons. The number of ether oxygens (including phenoxy) is 2. The van der Waals surface area contributed by atoms with Gasteiger partial charge in [0.1, 0.15) is 13.2 Å². The minimum atomic E-state index is -0.241. The lowest BCUT2D eigenvalue weighted by molar-refractivity contribution is -0.152. The van der Waals surface area contributed by atoms with Crippen molar-refractivity contribution >= 4 is 33.5 Å². The minimum Gasteiger partial charge on any atom is -0.465 e. The van der Waals surface area contributed by atoms with Gasteiger partial charge in [0.2, 0.25) is 0 Å². The number of hydrogen-bond donors (Lipinski definition) is 2. The Morgan fingerprint density at radius 2 is 1.56 bits per heavy atom. The quantitative estimate of drug-likeness (QED) is 0.265. The van der Waals surface area contributed by atoms with Gasteiger partial charge in [-0.05, 0) is 39.4 Å². The summed E-state index contributed by atoms with van der Waals surface area (Å²) in [6.45, 7) is 5.19. The lowest BCUT2D eigenvalue weighted by Crippen LogP contribution is -2.37. The van der Waals surface area contributed by atoms with Crippen LogP contribution >= 0.6 is 21.6 Å². The maximum absolute atomic E-state index is 11.9. The standard InChI is InChI=1S/C17H32N2O4S2/c1-3-6-15(20)22-11-17(13-24-25-14-17)12-23-16(21)7-10-19-9-5-4-8-18-2/h18-19H,3-14H2,1-2H3. The highest BCUT2D eigenvalue weighted by molar-refractivity contribution is 8.77. The van der Waals surface area contributed by atoms with E-state index in [9.17, 15) is 9.59 Å². The molecule has 0 atom stereocenters. The lowest BCUT2D eigenvalue weighted by Gasteiger charge is -2.26. The van der Waals surface area contributed by atoms with E-state index in [4.69, 9.17) is 9.47 Å². The topological polar surface area (TPSA) is 76.7 Å². The van der Waals surface area contributed by atoms with Gasteiger partial charge >= 0.3 is 11.9 Å². The summed E-state index contributed by atoms with van der Waals surface area (Å²) in [6, 6.07) is 0. The molecule has 0 saturated carbocycles. The molecule has 0 aromatic rings. The predicted molar refractivity (Wildman–Crippen MR) is 105 cm³/mol. The third-order valence-corrected chi connectivity index (χ3v) is 6.72. The first-order chi connectivity index (χ1) is 12.1. The first kappa shape index (κ1) is 22.6. The van der Waals surface area contributed by atoms with Crippen molar-refractivity contribution < 1.29 is 19.1 Å². The van der Waals surface area contributed by atoms with Crippen LogP contribution in [-0.2, 0) is 19.1 Å². The zero-order chi connectivity index (χ0) is 18.4. The Bertz CT molecular complexity index is 391. The maximum atomic E-state index is 11.9. The third-order valence-electron chi connectivity index (χ3n) is 3.88. The molecule has 1 rings (SSSR count). The van der Waals surface area contributed by atoms with Gasteiger partial charge in [-0.15, -0.1) is 0 Å². The Hall–Kier alpha value is -0.440. The van der Waals surface area contributed by atoms with Crippen LogP contribution in [0, 0.1) is 5.41 Å². The Kier molecular flexibility index (Phi) is 12.4. The van der Waals surface area contributed by atoms with E-state index < -0.39 is 0 Å². The van der Waals surface area contributed by atoms with Crippen LogP contribution in [0.3, 0.4) is 0 Å². The number of unbranched alkanes of at least 4 members (excludes halogenated alkanes) is 1. The molecule has 0 spiro atoms. The Morgan fingerprint density at radius 1 is 0.960 bits per heavy atom. The molecule has 1 aliphatic heterocycles. The molecule has 1 saturated heterocycles. The van der Waals surface area contributed by atoms with Crippen molar-refractivity contribution in [1.29, 1.82) is 0 Å². The third kappa shape index (κ3) is 10.3. The van der Waals surface area contributed by atoms with Gasteiger partial charge in [0.15, 0.2) is 0 Å². The highest BCUT2D eigenvalue weighted by Crippen LogP contribution is 2.43. The lowest BCUT2D eigenvalue weighted by atomic mass is 9.95. The Balaban J connectivity index is 2.18. The van der Waals surface area contributed by atoms with Gasteiger partial charge in [0, 0.05) is 24.5 Å². The summed E-state index contributed by atoms with van der Waals surface area (Å²) >= 11 is 0. The molecule has 1 fully saturated rings. The second-order valence-electron chi connectivity index (χ2n) is 6.41. The van der Waals surface area contributed by atoms with E-state index in [0.717, 1.165) is 43.9 Å². The second-order valence-corrected chi connectivity index (χ2v) is 8.87. The molecule has 0 aromatic carbocycles. The molecular weight excluding hydrogens is 360 g/mol. The summed E-state index contributed by atoms with van der Waals surface area (Å²) in [5, 5.41) is 6.37. The zero-order valence-electron chi connectivity index (χ0n) is 15.4. The number of hydrogen-bond acceptors (Lipinski definition) is 8. The molecule has 8 heteroatoms. The molecule has 0 aliphatic carbocycles. The molecule has 0 amide bonds. The van der Waals surface area contributed by atoms with Gasteiger partial charge in [-0.3, -0.25) is 9.59 Å². The van der Waals surface area contributed by atoms with Gasteiger partial charge in [-0.1, -0.05) is 28.5 Å². The maximum Gasteiger partial charge on any atom is 0.307 e. The van der Waals surface area contributed by atoms with Gasteiger partial charge in [0.25, 0.3) is 0 Å². The summed E-state index contributed by atoms with van der Waals surface area (Å²) in [6.07, 6.45) is 3.82. The van der Waals surface area contributed by atoms with Gasteiger partial charge < -0.3 is 20.1 Å². The van der Waals surface area contributed by atoms with Crippen LogP contribution in [0.25, 0.3) is 0 Å². The summed E-state index contributed by atoms with van der Waals surface area (Å²) < 4.78 is 10.8. The second kappa shape index (κ2) is 13.7. The zero-order valence-corrected chi connectivity index (χ0v) is 17.1. The van der Waals surface area contributed by atoms with E-state index in [2.05, 4.69) is 10.6 Å². The summed E-state index contributed by atoms with van der Waals surface area (Å²) in [4.78, 5) is 23.5. The van der Waals surface area contributed by atoms with E-state index in [1.807, 2.05) is 14.0 Å². The van der Waals surface area contributed by atoms with Crippen molar-refractivity contribution in [2.75, 3.05) is 51.4 Å². The minimum absolute atomic E-state index is 0.169. The summed E-state index contributed by atoms with van der Waals surface area (Å²) in [7, 11) is 5.44. The van der Waals surface area contributed by atoms with E-state index in [-0.39, 0.29) is 17.4 Å². The van der Waals surface area contributed by atoms with Crippen LogP contribution in [-0.4, -0.2) is 63.3 Å². The van der Waals surface area contributed by atoms with E-state index >= 15 is 0 Å². The molecule has 0 aromatic heterocycles. The number of carbonyl (C=O) groups excluding carboxylic acids is 2. The average molecular weight is 393 g/mol. The molecule has 1 heterocycles. The number of esters is 2. The SMILES string of the molecule is CCCC(=O)OCC1(COC(=O)CCNCCCCNC)CSSC1. The molecule has 0 bridgehead atoms. The van der Waals surface area contributed by atoms with Gasteiger partial charge in [0.05, 0.1) is 11.8 Å². The largest absolute Gasteiger partial charge is 0.465 e. The van der Waals surface area contributed by atoms with Crippen LogP contribution in [0.2, 0.25) is 0 Å². The molecule has 25 heavy (non-hydrogen) atoms. The smallest absolute Gasteiger partial charge is 0.307 e. The highest BCUT2D eigenvalue weighted by atomic mass is 33.1. The van der Waals surface area contributed by atoms with Crippen LogP contribution in [0.15, 0.2) is 0 Å². The van der Waals surface area contributed by atoms with Crippen LogP contribution < -0.4 is 10.6 Å². The molecular formula is C17H32N2O4S2. The molecule has 6 nitrogen and oxygen atoms in total. The van der Waals surface area contributed by atoms with Crippen LogP contribution in [0.5, 0.6) is 0 Å². The van der Waals surface area contributed by atoms with Crippen molar-refractivity contribution in [3.8, 4) is 0 Å². The van der Waals surface area contributed by atoms with Crippen molar-refractivity contribution in [2.45, 2.75) is 39.0 Å². The van der Waals surface area contributed by atoms with Crippen molar-refractivity contribution in [3.63, 3.8) is 0 Å². The predicted octanol–water partition coefficient (Wildman–Crippen LogP) is 2.23. The Morgan fingerprint density at radius 3 is 2.16 bits per heavy atom. The van der Waals surface area contributed by atoms with Crippen molar-refractivity contribution in [3.05, 3.63) is 0 Å². The Labute approximate surface area is 159 Å².